The van der Waals surface area contributed by atoms with Crippen molar-refractivity contribution >= 4 is 32.6 Å². The molecule has 0 aliphatic heterocycles. The number of anilines is 1. The molecule has 1 aromatic carbocycles. The van der Waals surface area contributed by atoms with Crippen molar-refractivity contribution in [2.24, 2.45) is 0 Å². The van der Waals surface area contributed by atoms with Gasteiger partial charge in [-0.25, -0.2) is 8.42 Å². The number of rotatable bonds is 18. The molecule has 0 fully saturated rings. The summed E-state index contributed by atoms with van der Waals surface area (Å²) in [7, 11) is -3.47. The molecule has 0 spiro atoms. The minimum atomic E-state index is -3.47. The predicted molar refractivity (Wildman–Crippen MR) is 124 cm³/mol. The molecule has 0 aliphatic carbocycles. The molecule has 0 saturated heterocycles. The zero-order chi connectivity index (χ0) is 21.4. The van der Waals surface area contributed by atoms with Gasteiger partial charge in [0.25, 0.3) is 5.24 Å². The Kier molecular flexibility index (Phi) is 14.1. The van der Waals surface area contributed by atoms with Crippen molar-refractivity contribution in [3.8, 4) is 0 Å². The predicted octanol–water partition coefficient (Wildman–Crippen LogP) is 7.29. The minimum absolute atomic E-state index is 0.0653. The summed E-state index contributed by atoms with van der Waals surface area (Å²) in [5.74, 6) is 0.0653. The number of benzene rings is 1. The zero-order valence-corrected chi connectivity index (χ0v) is 19.5. The second-order valence-electron chi connectivity index (χ2n) is 7.84. The Morgan fingerprint density at radius 3 is 1.72 bits per heavy atom. The Morgan fingerprint density at radius 1 is 0.793 bits per heavy atom. The second-order valence-corrected chi connectivity index (χ2v) is 10.0. The van der Waals surface area contributed by atoms with Gasteiger partial charge in [0.1, 0.15) is 0 Å². The molecule has 6 heteroatoms. The van der Waals surface area contributed by atoms with Gasteiger partial charge in [-0.05, 0) is 30.2 Å². The largest absolute Gasteiger partial charge is 0.283 e. The summed E-state index contributed by atoms with van der Waals surface area (Å²) in [5, 5.41) is -0.667. The summed E-state index contributed by atoms with van der Waals surface area (Å²) < 4.78 is 26.9. The molecule has 1 aromatic rings. The fraction of sp³-hybridized carbons (Fsp3) is 0.696. The Morgan fingerprint density at radius 2 is 1.24 bits per heavy atom. The number of sulfonamides is 1. The maximum Gasteiger partial charge on any atom is 0.254 e. The van der Waals surface area contributed by atoms with Crippen molar-refractivity contribution < 1.29 is 13.2 Å². The molecule has 1 rings (SSSR count). The average Bonchev–Trinajstić information content (AvgIpc) is 2.68. The number of hydrogen-bond donors (Lipinski definition) is 1. The van der Waals surface area contributed by atoms with Gasteiger partial charge in [0.2, 0.25) is 10.0 Å². The van der Waals surface area contributed by atoms with Crippen LogP contribution < -0.4 is 4.72 Å². The van der Waals surface area contributed by atoms with Crippen LogP contribution in [0.15, 0.2) is 24.3 Å². The van der Waals surface area contributed by atoms with E-state index < -0.39 is 15.3 Å². The summed E-state index contributed by atoms with van der Waals surface area (Å²) in [5.41, 5.74) is 0.427. The first-order valence-corrected chi connectivity index (χ1v) is 13.3. The highest BCUT2D eigenvalue weighted by molar-refractivity contribution is 7.92. The molecule has 0 aromatic heterocycles. The van der Waals surface area contributed by atoms with Crippen molar-refractivity contribution in [3.63, 3.8) is 0 Å². The lowest BCUT2D eigenvalue weighted by molar-refractivity contribution is 0.108. The van der Waals surface area contributed by atoms with Crippen LogP contribution in [0.25, 0.3) is 0 Å². The van der Waals surface area contributed by atoms with E-state index in [1.807, 2.05) is 0 Å². The van der Waals surface area contributed by atoms with Crippen LogP contribution in [0.4, 0.5) is 5.69 Å². The molecule has 0 saturated carbocycles. The van der Waals surface area contributed by atoms with E-state index in [1.54, 1.807) is 18.2 Å². The second kappa shape index (κ2) is 15.7. The molecule has 0 unspecified atom stereocenters. The molecule has 0 atom stereocenters. The van der Waals surface area contributed by atoms with Gasteiger partial charge >= 0.3 is 0 Å². The third-order valence-electron chi connectivity index (χ3n) is 5.17. The van der Waals surface area contributed by atoms with E-state index in [0.717, 1.165) is 12.8 Å². The van der Waals surface area contributed by atoms with Crippen molar-refractivity contribution in [1.29, 1.82) is 0 Å². The van der Waals surface area contributed by atoms with Gasteiger partial charge < -0.3 is 0 Å². The quantitative estimate of drug-likeness (QED) is 0.191. The molecule has 166 valence electrons. The summed E-state index contributed by atoms with van der Waals surface area (Å²) >= 11 is 5.50. The molecule has 4 nitrogen and oxygen atoms in total. The van der Waals surface area contributed by atoms with Gasteiger partial charge in [0.15, 0.2) is 0 Å². The van der Waals surface area contributed by atoms with Gasteiger partial charge in [-0.15, -0.1) is 0 Å². The number of unbranched alkanes of at least 4 members (excludes halogenated alkanes) is 13. The van der Waals surface area contributed by atoms with Crippen molar-refractivity contribution in [1.82, 2.24) is 0 Å². The molecular formula is C23H38ClNO3S. The fourth-order valence-corrected chi connectivity index (χ4v) is 4.81. The number of carbonyl (C=O) groups excluding carboxylic acids is 1. The standard InChI is InChI=1S/C23H38ClNO3S/c1-2-3-4-5-6-7-8-9-10-11-12-13-14-17-20-29(27,28)25-22-19-16-15-18-21(22)23(24)26/h15-16,18-19,25H,2-14,17,20H2,1H3. The summed E-state index contributed by atoms with van der Waals surface area (Å²) in [6.07, 6.45) is 17.2. The van der Waals surface area contributed by atoms with Gasteiger partial charge in [-0.3, -0.25) is 9.52 Å². The number of halogens is 1. The van der Waals surface area contributed by atoms with E-state index in [4.69, 9.17) is 11.6 Å². The van der Waals surface area contributed by atoms with Crippen LogP contribution in [0.3, 0.4) is 0 Å². The molecule has 0 aliphatic rings. The Balaban J connectivity index is 2.05. The summed E-state index contributed by atoms with van der Waals surface area (Å²) in [6, 6.07) is 6.40. The smallest absolute Gasteiger partial charge is 0.254 e. The average molecular weight is 444 g/mol. The molecule has 0 amide bonds. The molecule has 29 heavy (non-hydrogen) atoms. The van der Waals surface area contributed by atoms with E-state index in [-0.39, 0.29) is 17.0 Å². The highest BCUT2D eigenvalue weighted by Crippen LogP contribution is 2.19. The topological polar surface area (TPSA) is 63.2 Å². The summed E-state index contributed by atoms with van der Waals surface area (Å²) in [4.78, 5) is 11.4. The maximum absolute atomic E-state index is 12.2. The van der Waals surface area contributed by atoms with Crippen molar-refractivity contribution in [2.75, 3.05) is 10.5 Å². The number of nitrogens with one attached hydrogen (secondary N) is 1. The minimum Gasteiger partial charge on any atom is -0.283 e. The highest BCUT2D eigenvalue weighted by Gasteiger charge is 2.15. The first-order valence-electron chi connectivity index (χ1n) is 11.3. The number of para-hydroxylation sites is 1. The molecule has 0 bridgehead atoms. The van der Waals surface area contributed by atoms with Gasteiger partial charge in [0, 0.05) is 0 Å². The van der Waals surface area contributed by atoms with Crippen LogP contribution in [0.5, 0.6) is 0 Å². The first kappa shape index (κ1) is 26.0. The maximum atomic E-state index is 12.2. The Bertz CT molecular complexity index is 676. The molecular weight excluding hydrogens is 406 g/mol. The monoisotopic (exact) mass is 443 g/mol. The van der Waals surface area contributed by atoms with Crippen molar-refractivity contribution in [2.45, 2.75) is 96.8 Å². The van der Waals surface area contributed by atoms with E-state index in [0.29, 0.717) is 6.42 Å². The molecule has 0 radical (unpaired) electrons. The first-order chi connectivity index (χ1) is 14.0. The lowest BCUT2D eigenvalue weighted by Crippen LogP contribution is -2.18. The SMILES string of the molecule is CCCCCCCCCCCCCCCCS(=O)(=O)Nc1ccccc1C(=O)Cl. The third-order valence-corrected chi connectivity index (χ3v) is 6.73. The number of hydrogen-bond acceptors (Lipinski definition) is 3. The number of carbonyl (C=O) groups is 1. The van der Waals surface area contributed by atoms with E-state index in [1.165, 1.54) is 76.7 Å². The van der Waals surface area contributed by atoms with Crippen LogP contribution in [-0.4, -0.2) is 19.4 Å². The van der Waals surface area contributed by atoms with Crippen LogP contribution in [0.1, 0.15) is 107 Å². The summed E-state index contributed by atoms with van der Waals surface area (Å²) in [6.45, 7) is 2.25. The van der Waals surface area contributed by atoms with E-state index >= 15 is 0 Å². The van der Waals surface area contributed by atoms with Crippen LogP contribution in [-0.2, 0) is 10.0 Å². The normalized spacial score (nSPS) is 11.5. The molecule has 1 N–H and O–H groups in total. The lowest BCUT2D eigenvalue weighted by Gasteiger charge is -2.10. The van der Waals surface area contributed by atoms with Crippen LogP contribution >= 0.6 is 11.6 Å². The third kappa shape index (κ3) is 13.0. The Hall–Kier alpha value is -1.07. The van der Waals surface area contributed by atoms with Gasteiger partial charge in [-0.2, -0.15) is 0 Å². The fourth-order valence-electron chi connectivity index (χ4n) is 3.45. The van der Waals surface area contributed by atoms with Crippen molar-refractivity contribution in [3.05, 3.63) is 29.8 Å². The molecule has 0 heterocycles. The van der Waals surface area contributed by atoms with E-state index in [9.17, 15) is 13.2 Å². The van der Waals surface area contributed by atoms with Crippen LogP contribution in [0, 0.1) is 0 Å². The van der Waals surface area contributed by atoms with Gasteiger partial charge in [-0.1, -0.05) is 103 Å². The Labute approximate surface area is 182 Å². The van der Waals surface area contributed by atoms with Crippen LogP contribution in [0.2, 0.25) is 0 Å². The lowest BCUT2D eigenvalue weighted by atomic mass is 10.0. The van der Waals surface area contributed by atoms with E-state index in [2.05, 4.69) is 11.6 Å². The zero-order valence-electron chi connectivity index (χ0n) is 17.9. The highest BCUT2D eigenvalue weighted by atomic mass is 35.5. The van der Waals surface area contributed by atoms with Gasteiger partial charge in [0.05, 0.1) is 17.0 Å².